The molecule has 0 aliphatic carbocycles. The Morgan fingerprint density at radius 3 is 2.56 bits per heavy atom. The smallest absolute Gasteiger partial charge is 0.0573 e. The van der Waals surface area contributed by atoms with Gasteiger partial charge in [0.2, 0.25) is 0 Å². The fourth-order valence-corrected chi connectivity index (χ4v) is 3.03. The summed E-state index contributed by atoms with van der Waals surface area (Å²) in [7, 11) is 0. The summed E-state index contributed by atoms with van der Waals surface area (Å²) in [5.41, 5.74) is 8.41. The molecule has 2 rings (SSSR count). The monoisotopic (exact) mass is 248 g/mol. The lowest BCUT2D eigenvalue weighted by Crippen LogP contribution is -2.53. The molecule has 100 valence electrons. The second-order valence-corrected chi connectivity index (χ2v) is 5.64. The molecule has 2 unspecified atom stereocenters. The summed E-state index contributed by atoms with van der Waals surface area (Å²) in [6, 6.07) is 8.46. The fourth-order valence-electron chi connectivity index (χ4n) is 3.03. The van der Waals surface area contributed by atoms with Crippen LogP contribution in [0, 0.1) is 6.92 Å². The van der Waals surface area contributed by atoms with Gasteiger partial charge >= 0.3 is 0 Å². The van der Waals surface area contributed by atoms with Crippen molar-refractivity contribution < 1.29 is 4.74 Å². The van der Waals surface area contributed by atoms with Gasteiger partial charge in [0.25, 0.3) is 0 Å². The third kappa shape index (κ3) is 3.03. The fraction of sp³-hybridized carbons (Fsp3) is 0.600. The van der Waals surface area contributed by atoms with Crippen molar-refractivity contribution in [1.82, 2.24) is 0 Å². The van der Waals surface area contributed by atoms with Crippen LogP contribution in [0.2, 0.25) is 0 Å². The molecule has 0 saturated carbocycles. The molecule has 3 N–H and O–H groups in total. The molecule has 3 heteroatoms. The normalized spacial score (nSPS) is 32.2. The molecule has 0 amide bonds. The average molecular weight is 248 g/mol. The van der Waals surface area contributed by atoms with Gasteiger partial charge < -0.3 is 15.8 Å². The SMILES string of the molecule is Cc1cccc(NC2(CN)CC(C)OC(C)C2)c1. The second kappa shape index (κ2) is 5.29. The van der Waals surface area contributed by atoms with Crippen molar-refractivity contribution in [3.8, 4) is 0 Å². The zero-order valence-electron chi connectivity index (χ0n) is 11.6. The minimum atomic E-state index is -0.0368. The van der Waals surface area contributed by atoms with Crippen molar-refractivity contribution in [1.29, 1.82) is 0 Å². The van der Waals surface area contributed by atoms with E-state index in [9.17, 15) is 0 Å². The van der Waals surface area contributed by atoms with E-state index in [1.54, 1.807) is 0 Å². The Morgan fingerprint density at radius 2 is 2.00 bits per heavy atom. The molecule has 0 bridgehead atoms. The quantitative estimate of drug-likeness (QED) is 0.864. The molecule has 18 heavy (non-hydrogen) atoms. The molecule has 1 aromatic rings. The number of aryl methyl sites for hydroxylation is 1. The van der Waals surface area contributed by atoms with E-state index in [1.165, 1.54) is 5.56 Å². The number of nitrogens with two attached hydrogens (primary N) is 1. The van der Waals surface area contributed by atoms with Gasteiger partial charge in [-0.05, 0) is 51.3 Å². The van der Waals surface area contributed by atoms with E-state index in [0.717, 1.165) is 18.5 Å². The number of nitrogens with one attached hydrogen (secondary N) is 1. The van der Waals surface area contributed by atoms with E-state index < -0.39 is 0 Å². The van der Waals surface area contributed by atoms with E-state index in [2.05, 4.69) is 50.4 Å². The summed E-state index contributed by atoms with van der Waals surface area (Å²) >= 11 is 0. The van der Waals surface area contributed by atoms with Crippen molar-refractivity contribution in [3.05, 3.63) is 29.8 Å². The summed E-state index contributed by atoms with van der Waals surface area (Å²) in [6.45, 7) is 6.99. The average Bonchev–Trinajstić information content (AvgIpc) is 2.27. The molecule has 3 nitrogen and oxygen atoms in total. The third-order valence-corrected chi connectivity index (χ3v) is 3.64. The molecule has 0 spiro atoms. The van der Waals surface area contributed by atoms with E-state index in [-0.39, 0.29) is 17.7 Å². The Hall–Kier alpha value is -1.06. The van der Waals surface area contributed by atoms with Gasteiger partial charge in [-0.25, -0.2) is 0 Å². The topological polar surface area (TPSA) is 47.3 Å². The highest BCUT2D eigenvalue weighted by molar-refractivity contribution is 5.48. The van der Waals surface area contributed by atoms with Gasteiger partial charge in [-0.1, -0.05) is 12.1 Å². The maximum Gasteiger partial charge on any atom is 0.0573 e. The second-order valence-electron chi connectivity index (χ2n) is 5.64. The molecule has 1 saturated heterocycles. The van der Waals surface area contributed by atoms with Gasteiger partial charge in [-0.2, -0.15) is 0 Å². The van der Waals surface area contributed by atoms with Gasteiger partial charge in [-0.15, -0.1) is 0 Å². The van der Waals surface area contributed by atoms with Crippen LogP contribution >= 0.6 is 0 Å². The number of hydrogen-bond donors (Lipinski definition) is 2. The molecule has 1 aromatic carbocycles. The van der Waals surface area contributed by atoms with Crippen molar-refractivity contribution in [2.45, 2.75) is 51.4 Å². The highest BCUT2D eigenvalue weighted by atomic mass is 16.5. The first-order valence-electron chi connectivity index (χ1n) is 6.73. The number of ether oxygens (including phenoxy) is 1. The number of benzene rings is 1. The lowest BCUT2D eigenvalue weighted by Gasteiger charge is -2.43. The van der Waals surface area contributed by atoms with Crippen molar-refractivity contribution >= 4 is 5.69 Å². The lowest BCUT2D eigenvalue weighted by molar-refractivity contribution is -0.0536. The zero-order valence-corrected chi connectivity index (χ0v) is 11.6. The number of hydrogen-bond acceptors (Lipinski definition) is 3. The first-order chi connectivity index (χ1) is 8.53. The van der Waals surface area contributed by atoms with Crippen LogP contribution in [0.25, 0.3) is 0 Å². The van der Waals surface area contributed by atoms with Crippen LogP contribution in [0.4, 0.5) is 5.69 Å². The Labute approximate surface area is 110 Å². The molecule has 1 aliphatic heterocycles. The first kappa shape index (κ1) is 13.4. The summed E-state index contributed by atoms with van der Waals surface area (Å²) in [6.07, 6.45) is 2.44. The maximum absolute atomic E-state index is 6.03. The largest absolute Gasteiger partial charge is 0.378 e. The Balaban J connectivity index is 2.17. The molecule has 1 fully saturated rings. The minimum absolute atomic E-state index is 0.0368. The summed E-state index contributed by atoms with van der Waals surface area (Å²) in [5.74, 6) is 0. The highest BCUT2D eigenvalue weighted by Gasteiger charge is 2.37. The maximum atomic E-state index is 6.03. The van der Waals surface area contributed by atoms with E-state index >= 15 is 0 Å². The van der Waals surface area contributed by atoms with Crippen molar-refractivity contribution in [2.24, 2.45) is 5.73 Å². The standard InChI is InChI=1S/C15H24N2O/c1-11-5-4-6-14(7-11)17-15(10-16)8-12(2)18-13(3)9-15/h4-7,12-13,17H,8-10,16H2,1-3H3. The predicted octanol–water partition coefficient (Wildman–Crippen LogP) is 2.69. The van der Waals surface area contributed by atoms with Crippen LogP contribution in [-0.2, 0) is 4.74 Å². The first-order valence-corrected chi connectivity index (χ1v) is 6.73. The Kier molecular flexibility index (Phi) is 3.93. The molecular weight excluding hydrogens is 224 g/mol. The minimum Gasteiger partial charge on any atom is -0.378 e. The summed E-state index contributed by atoms with van der Waals surface area (Å²) < 4.78 is 5.81. The third-order valence-electron chi connectivity index (χ3n) is 3.64. The summed E-state index contributed by atoms with van der Waals surface area (Å²) in [4.78, 5) is 0. The van der Waals surface area contributed by atoms with Crippen molar-refractivity contribution in [3.63, 3.8) is 0 Å². The van der Waals surface area contributed by atoms with E-state index in [1.807, 2.05) is 0 Å². The van der Waals surface area contributed by atoms with Crippen LogP contribution in [-0.4, -0.2) is 24.3 Å². The van der Waals surface area contributed by atoms with Crippen LogP contribution < -0.4 is 11.1 Å². The zero-order chi connectivity index (χ0) is 13.2. The van der Waals surface area contributed by atoms with Crippen LogP contribution in [0.1, 0.15) is 32.3 Å². The van der Waals surface area contributed by atoms with Gasteiger partial charge in [0.1, 0.15) is 0 Å². The Morgan fingerprint density at radius 1 is 1.33 bits per heavy atom. The van der Waals surface area contributed by atoms with Crippen LogP contribution in [0.3, 0.4) is 0 Å². The summed E-state index contributed by atoms with van der Waals surface area (Å²) in [5, 5.41) is 3.64. The van der Waals surface area contributed by atoms with Gasteiger partial charge in [0.05, 0.1) is 17.7 Å². The van der Waals surface area contributed by atoms with Gasteiger partial charge in [0.15, 0.2) is 0 Å². The molecular formula is C15H24N2O. The molecule has 0 aromatic heterocycles. The molecule has 1 aliphatic rings. The molecule has 2 atom stereocenters. The Bertz CT molecular complexity index is 395. The molecule has 1 heterocycles. The lowest BCUT2D eigenvalue weighted by atomic mass is 9.84. The number of anilines is 1. The highest BCUT2D eigenvalue weighted by Crippen LogP contribution is 2.31. The number of rotatable bonds is 3. The molecule has 0 radical (unpaired) electrons. The van der Waals surface area contributed by atoms with Crippen LogP contribution in [0.5, 0.6) is 0 Å². The van der Waals surface area contributed by atoms with E-state index in [0.29, 0.717) is 6.54 Å². The van der Waals surface area contributed by atoms with Crippen LogP contribution in [0.15, 0.2) is 24.3 Å². The predicted molar refractivity (Wildman–Crippen MR) is 75.8 cm³/mol. The van der Waals surface area contributed by atoms with Gasteiger partial charge in [0, 0.05) is 12.2 Å². The van der Waals surface area contributed by atoms with Gasteiger partial charge in [-0.3, -0.25) is 0 Å². The van der Waals surface area contributed by atoms with Crippen molar-refractivity contribution in [2.75, 3.05) is 11.9 Å². The van der Waals surface area contributed by atoms with E-state index in [4.69, 9.17) is 10.5 Å².